The van der Waals surface area contributed by atoms with Crippen LogP contribution in [-0.2, 0) is 14.8 Å². The van der Waals surface area contributed by atoms with Gasteiger partial charge < -0.3 is 10.6 Å². The highest BCUT2D eigenvalue weighted by molar-refractivity contribution is 7.88. The number of hydrogen-bond acceptors (Lipinski definition) is 4. The lowest BCUT2D eigenvalue weighted by Gasteiger charge is -2.20. The van der Waals surface area contributed by atoms with Crippen molar-refractivity contribution in [1.29, 1.82) is 0 Å². The number of amides is 1. The van der Waals surface area contributed by atoms with Gasteiger partial charge in [0, 0.05) is 19.1 Å². The third kappa shape index (κ3) is 4.61. The van der Waals surface area contributed by atoms with Crippen molar-refractivity contribution in [2.75, 3.05) is 19.3 Å². The second-order valence-electron chi connectivity index (χ2n) is 4.56. The Labute approximate surface area is 103 Å². The Morgan fingerprint density at radius 1 is 1.59 bits per heavy atom. The zero-order valence-corrected chi connectivity index (χ0v) is 11.2. The normalized spacial score (nSPS) is 22.8. The first-order chi connectivity index (χ1) is 7.83. The van der Waals surface area contributed by atoms with Gasteiger partial charge in [0.05, 0.1) is 12.3 Å². The summed E-state index contributed by atoms with van der Waals surface area (Å²) in [5.74, 6) is -0.0790. The highest BCUT2D eigenvalue weighted by atomic mass is 32.2. The van der Waals surface area contributed by atoms with Gasteiger partial charge in [-0.05, 0) is 12.8 Å². The van der Waals surface area contributed by atoms with Crippen LogP contribution in [0.25, 0.3) is 0 Å². The lowest BCUT2D eigenvalue weighted by Crippen LogP contribution is -2.44. The third-order valence-electron chi connectivity index (χ3n) is 2.80. The predicted octanol–water partition coefficient (Wildman–Crippen LogP) is -0.736. The van der Waals surface area contributed by atoms with Crippen LogP contribution in [0.4, 0.5) is 0 Å². The zero-order chi connectivity index (χ0) is 13.1. The number of carbonyl (C=O) groups is 1. The Balaban J connectivity index is 2.47. The van der Waals surface area contributed by atoms with Gasteiger partial charge in [-0.3, -0.25) is 4.79 Å². The van der Waals surface area contributed by atoms with Crippen molar-refractivity contribution in [2.45, 2.75) is 38.3 Å². The monoisotopic (exact) mass is 263 g/mol. The molecule has 1 saturated heterocycles. The number of nitrogens with zero attached hydrogens (tertiary/aromatic N) is 1. The molecule has 0 radical (unpaired) electrons. The maximum atomic E-state index is 11.9. The number of nitrogens with one attached hydrogen (secondary N) is 1. The Kier molecular flexibility index (Phi) is 4.91. The van der Waals surface area contributed by atoms with E-state index in [1.54, 1.807) is 4.90 Å². The minimum Gasteiger partial charge on any atom is -0.340 e. The van der Waals surface area contributed by atoms with Crippen LogP contribution in [0.3, 0.4) is 0 Å². The summed E-state index contributed by atoms with van der Waals surface area (Å²) >= 11 is 0. The lowest BCUT2D eigenvalue weighted by atomic mass is 10.1. The van der Waals surface area contributed by atoms with E-state index in [0.717, 1.165) is 12.7 Å². The molecular formula is C10H21N3O3S. The standard InChI is InChI=1S/C10H21N3O3S/c1-3-4-9(11)10(14)13-6-5-8(7-13)12-17(2,15)16/h8-9,12H,3-7,11H2,1-2H3. The van der Waals surface area contributed by atoms with Crippen molar-refractivity contribution in [3.8, 4) is 0 Å². The molecule has 0 aromatic carbocycles. The minimum atomic E-state index is -3.21. The van der Waals surface area contributed by atoms with E-state index in [4.69, 9.17) is 5.73 Å². The first kappa shape index (κ1) is 14.4. The summed E-state index contributed by atoms with van der Waals surface area (Å²) in [6.07, 6.45) is 3.31. The van der Waals surface area contributed by atoms with Crippen LogP contribution in [0, 0.1) is 0 Å². The molecule has 0 saturated carbocycles. The summed E-state index contributed by atoms with van der Waals surface area (Å²) in [7, 11) is -3.21. The second-order valence-corrected chi connectivity index (χ2v) is 6.34. The maximum Gasteiger partial charge on any atom is 0.239 e. The van der Waals surface area contributed by atoms with Gasteiger partial charge in [0.1, 0.15) is 0 Å². The van der Waals surface area contributed by atoms with Gasteiger partial charge in [-0.15, -0.1) is 0 Å². The molecule has 17 heavy (non-hydrogen) atoms. The summed E-state index contributed by atoms with van der Waals surface area (Å²) in [4.78, 5) is 13.5. The summed E-state index contributed by atoms with van der Waals surface area (Å²) in [6.45, 7) is 2.97. The fraction of sp³-hybridized carbons (Fsp3) is 0.900. The summed E-state index contributed by atoms with van der Waals surface area (Å²) in [6, 6.07) is -0.639. The van der Waals surface area contributed by atoms with Crippen molar-refractivity contribution in [3.05, 3.63) is 0 Å². The first-order valence-electron chi connectivity index (χ1n) is 5.85. The van der Waals surface area contributed by atoms with Crippen molar-refractivity contribution < 1.29 is 13.2 Å². The molecular weight excluding hydrogens is 242 g/mol. The first-order valence-corrected chi connectivity index (χ1v) is 7.74. The molecule has 1 heterocycles. The van der Waals surface area contributed by atoms with Gasteiger partial charge in [0.15, 0.2) is 0 Å². The average Bonchev–Trinajstić information content (AvgIpc) is 2.62. The van der Waals surface area contributed by atoms with Gasteiger partial charge in [-0.1, -0.05) is 13.3 Å². The molecule has 3 N–H and O–H groups in total. The Hall–Kier alpha value is -0.660. The van der Waals surface area contributed by atoms with Crippen molar-refractivity contribution in [3.63, 3.8) is 0 Å². The number of likely N-dealkylation sites (tertiary alicyclic amines) is 1. The topological polar surface area (TPSA) is 92.5 Å². The Bertz CT molecular complexity index is 369. The molecule has 1 fully saturated rings. The molecule has 0 spiro atoms. The fourth-order valence-electron chi connectivity index (χ4n) is 2.03. The van der Waals surface area contributed by atoms with E-state index in [1.807, 2.05) is 6.92 Å². The number of nitrogens with two attached hydrogens (primary N) is 1. The Morgan fingerprint density at radius 3 is 2.76 bits per heavy atom. The quantitative estimate of drug-likeness (QED) is 0.683. The molecule has 0 bridgehead atoms. The van der Waals surface area contributed by atoms with Gasteiger partial charge in [0.2, 0.25) is 15.9 Å². The van der Waals surface area contributed by atoms with Crippen LogP contribution in [0.1, 0.15) is 26.2 Å². The average molecular weight is 263 g/mol. The molecule has 1 aliphatic rings. The van der Waals surface area contributed by atoms with Crippen molar-refractivity contribution >= 4 is 15.9 Å². The molecule has 0 aliphatic carbocycles. The molecule has 0 aromatic heterocycles. The molecule has 7 heteroatoms. The molecule has 100 valence electrons. The van der Waals surface area contributed by atoms with Crippen molar-refractivity contribution in [2.24, 2.45) is 5.73 Å². The second kappa shape index (κ2) is 5.79. The number of hydrogen-bond donors (Lipinski definition) is 2. The summed E-state index contributed by atoms with van der Waals surface area (Å²) < 4.78 is 24.6. The van der Waals surface area contributed by atoms with Gasteiger partial charge in [0.25, 0.3) is 0 Å². The minimum absolute atomic E-state index is 0.0790. The van der Waals surface area contributed by atoms with Crippen LogP contribution in [-0.4, -0.2) is 50.7 Å². The van der Waals surface area contributed by atoms with E-state index in [0.29, 0.717) is 25.9 Å². The molecule has 1 rings (SSSR count). The largest absolute Gasteiger partial charge is 0.340 e. The smallest absolute Gasteiger partial charge is 0.239 e. The third-order valence-corrected chi connectivity index (χ3v) is 3.56. The van der Waals surface area contributed by atoms with Crippen LogP contribution in [0.2, 0.25) is 0 Å². The van der Waals surface area contributed by atoms with E-state index in [9.17, 15) is 13.2 Å². The molecule has 1 amide bonds. The van der Waals surface area contributed by atoms with Crippen molar-refractivity contribution in [1.82, 2.24) is 9.62 Å². The van der Waals surface area contributed by atoms with E-state index < -0.39 is 16.1 Å². The van der Waals surface area contributed by atoms with E-state index in [1.165, 1.54) is 0 Å². The SMILES string of the molecule is CCCC(N)C(=O)N1CCC(NS(C)(=O)=O)C1. The predicted molar refractivity (Wildman–Crippen MR) is 65.8 cm³/mol. The van der Waals surface area contributed by atoms with Crippen LogP contribution in [0.5, 0.6) is 0 Å². The number of carbonyl (C=O) groups excluding carboxylic acids is 1. The summed E-state index contributed by atoms with van der Waals surface area (Å²) in [5.41, 5.74) is 5.75. The van der Waals surface area contributed by atoms with Gasteiger partial charge >= 0.3 is 0 Å². The fourth-order valence-corrected chi connectivity index (χ4v) is 2.83. The Morgan fingerprint density at radius 2 is 2.24 bits per heavy atom. The molecule has 6 nitrogen and oxygen atoms in total. The molecule has 0 aromatic rings. The molecule has 1 aliphatic heterocycles. The van der Waals surface area contributed by atoms with Crippen LogP contribution < -0.4 is 10.5 Å². The van der Waals surface area contributed by atoms with E-state index >= 15 is 0 Å². The molecule has 2 atom stereocenters. The number of rotatable bonds is 5. The zero-order valence-electron chi connectivity index (χ0n) is 10.3. The van der Waals surface area contributed by atoms with E-state index in [-0.39, 0.29) is 11.9 Å². The maximum absolute atomic E-state index is 11.9. The molecule has 2 unspecified atom stereocenters. The van der Waals surface area contributed by atoms with E-state index in [2.05, 4.69) is 4.72 Å². The summed E-state index contributed by atoms with van der Waals surface area (Å²) in [5, 5.41) is 0. The van der Waals surface area contributed by atoms with Crippen LogP contribution >= 0.6 is 0 Å². The lowest BCUT2D eigenvalue weighted by molar-refractivity contribution is -0.131. The number of sulfonamides is 1. The van der Waals surface area contributed by atoms with Gasteiger partial charge in [-0.2, -0.15) is 0 Å². The van der Waals surface area contributed by atoms with Gasteiger partial charge in [-0.25, -0.2) is 13.1 Å². The highest BCUT2D eigenvalue weighted by Crippen LogP contribution is 2.12. The van der Waals surface area contributed by atoms with Crippen LogP contribution in [0.15, 0.2) is 0 Å². The highest BCUT2D eigenvalue weighted by Gasteiger charge is 2.30.